The minimum absolute atomic E-state index is 0.609. The summed E-state index contributed by atoms with van der Waals surface area (Å²) < 4.78 is 11.2. The first kappa shape index (κ1) is 14.6. The number of fused-ring (bicyclic) bond motifs is 1. The summed E-state index contributed by atoms with van der Waals surface area (Å²) in [6.45, 7) is 2.00. The van der Waals surface area contributed by atoms with E-state index in [1.54, 1.807) is 0 Å². The standard InChI is InChI=1S/C21H19NO2/c1-2-4-17(5-3-1)18-8-6-16(7-9-18)15-22-19-10-11-20-21(14-19)24-13-12-23-20/h1-11,14,22H,12-13,15H2. The smallest absolute Gasteiger partial charge is 0.163 e. The molecule has 3 aromatic carbocycles. The van der Waals surface area contributed by atoms with Gasteiger partial charge in [-0.2, -0.15) is 0 Å². The number of rotatable bonds is 4. The zero-order valence-electron chi connectivity index (χ0n) is 13.4. The highest BCUT2D eigenvalue weighted by Crippen LogP contribution is 2.32. The second kappa shape index (κ2) is 6.67. The highest BCUT2D eigenvalue weighted by atomic mass is 16.6. The lowest BCUT2D eigenvalue weighted by molar-refractivity contribution is 0.171. The van der Waals surface area contributed by atoms with Gasteiger partial charge < -0.3 is 14.8 Å². The lowest BCUT2D eigenvalue weighted by Gasteiger charge is -2.19. The van der Waals surface area contributed by atoms with Crippen LogP contribution in [0.25, 0.3) is 11.1 Å². The van der Waals surface area contributed by atoms with Crippen LogP contribution in [0.5, 0.6) is 11.5 Å². The molecule has 0 spiro atoms. The van der Waals surface area contributed by atoms with E-state index in [2.05, 4.69) is 53.8 Å². The molecule has 3 nitrogen and oxygen atoms in total. The summed E-state index contributed by atoms with van der Waals surface area (Å²) in [6, 6.07) is 25.0. The summed E-state index contributed by atoms with van der Waals surface area (Å²) in [5.41, 5.74) is 4.75. The van der Waals surface area contributed by atoms with Gasteiger partial charge >= 0.3 is 0 Å². The SMILES string of the molecule is c1ccc(-c2ccc(CNc3ccc4c(c3)OCCO4)cc2)cc1. The lowest BCUT2D eigenvalue weighted by atomic mass is 10.0. The quantitative estimate of drug-likeness (QED) is 0.754. The number of hydrogen-bond acceptors (Lipinski definition) is 3. The van der Waals surface area contributed by atoms with Crippen molar-refractivity contribution < 1.29 is 9.47 Å². The fourth-order valence-electron chi connectivity index (χ4n) is 2.80. The molecule has 0 amide bonds. The zero-order valence-corrected chi connectivity index (χ0v) is 13.4. The maximum absolute atomic E-state index is 5.62. The normalized spacial score (nSPS) is 12.7. The predicted molar refractivity (Wildman–Crippen MR) is 96.6 cm³/mol. The Bertz CT molecular complexity index is 813. The average molecular weight is 317 g/mol. The third-order valence-corrected chi connectivity index (χ3v) is 4.10. The minimum atomic E-state index is 0.609. The van der Waals surface area contributed by atoms with E-state index < -0.39 is 0 Å². The van der Waals surface area contributed by atoms with Crippen molar-refractivity contribution in [2.24, 2.45) is 0 Å². The summed E-state index contributed by atoms with van der Waals surface area (Å²) in [5, 5.41) is 3.43. The largest absolute Gasteiger partial charge is 0.486 e. The van der Waals surface area contributed by atoms with Crippen molar-refractivity contribution in [1.29, 1.82) is 0 Å². The van der Waals surface area contributed by atoms with Crippen molar-refractivity contribution in [3.05, 3.63) is 78.4 Å². The summed E-state index contributed by atoms with van der Waals surface area (Å²) in [4.78, 5) is 0. The van der Waals surface area contributed by atoms with E-state index in [0.717, 1.165) is 23.7 Å². The molecule has 24 heavy (non-hydrogen) atoms. The van der Waals surface area contributed by atoms with Crippen LogP contribution in [0.15, 0.2) is 72.8 Å². The fraction of sp³-hybridized carbons (Fsp3) is 0.143. The maximum Gasteiger partial charge on any atom is 0.163 e. The van der Waals surface area contributed by atoms with Crippen LogP contribution in [0.4, 0.5) is 5.69 Å². The van der Waals surface area contributed by atoms with Crippen LogP contribution in [0.3, 0.4) is 0 Å². The molecular weight excluding hydrogens is 298 g/mol. The number of anilines is 1. The Kier molecular flexibility index (Phi) is 4.07. The molecule has 3 aromatic rings. The lowest BCUT2D eigenvalue weighted by Crippen LogP contribution is -2.15. The molecule has 0 fully saturated rings. The van der Waals surface area contributed by atoms with Crippen LogP contribution >= 0.6 is 0 Å². The average Bonchev–Trinajstić information content (AvgIpc) is 2.67. The Labute approximate surface area is 141 Å². The van der Waals surface area contributed by atoms with Gasteiger partial charge in [0.2, 0.25) is 0 Å². The van der Waals surface area contributed by atoms with Gasteiger partial charge in [0.15, 0.2) is 11.5 Å². The first-order valence-electron chi connectivity index (χ1n) is 8.16. The highest BCUT2D eigenvalue weighted by Gasteiger charge is 2.11. The molecule has 1 aliphatic rings. The molecule has 0 unspecified atom stereocenters. The van der Waals surface area contributed by atoms with Crippen molar-refractivity contribution in [3.63, 3.8) is 0 Å². The first-order chi connectivity index (χ1) is 11.9. The molecule has 1 N–H and O–H groups in total. The Hall–Kier alpha value is -2.94. The summed E-state index contributed by atoms with van der Waals surface area (Å²) in [6.07, 6.45) is 0. The molecule has 4 rings (SSSR count). The number of nitrogens with one attached hydrogen (secondary N) is 1. The predicted octanol–water partition coefficient (Wildman–Crippen LogP) is 4.74. The molecule has 0 saturated heterocycles. The molecule has 0 atom stereocenters. The van der Waals surface area contributed by atoms with Crippen molar-refractivity contribution in [3.8, 4) is 22.6 Å². The number of hydrogen-bond donors (Lipinski definition) is 1. The van der Waals surface area contributed by atoms with Gasteiger partial charge in [-0.05, 0) is 28.8 Å². The zero-order chi connectivity index (χ0) is 16.2. The minimum Gasteiger partial charge on any atom is -0.486 e. The topological polar surface area (TPSA) is 30.5 Å². The van der Waals surface area contributed by atoms with E-state index in [0.29, 0.717) is 13.2 Å². The van der Waals surface area contributed by atoms with Crippen LogP contribution in [-0.4, -0.2) is 13.2 Å². The molecule has 120 valence electrons. The van der Waals surface area contributed by atoms with Crippen LogP contribution in [0.1, 0.15) is 5.56 Å². The molecule has 0 aliphatic carbocycles. The Morgan fingerprint density at radius 3 is 2.21 bits per heavy atom. The Morgan fingerprint density at radius 2 is 1.42 bits per heavy atom. The Morgan fingerprint density at radius 1 is 0.708 bits per heavy atom. The number of benzene rings is 3. The summed E-state index contributed by atoms with van der Waals surface area (Å²) in [7, 11) is 0. The van der Waals surface area contributed by atoms with Crippen molar-refractivity contribution in [2.45, 2.75) is 6.54 Å². The maximum atomic E-state index is 5.62. The van der Waals surface area contributed by atoms with Gasteiger partial charge in [0, 0.05) is 18.3 Å². The summed E-state index contributed by atoms with van der Waals surface area (Å²) in [5.74, 6) is 1.63. The third kappa shape index (κ3) is 3.20. The van der Waals surface area contributed by atoms with Crippen molar-refractivity contribution >= 4 is 5.69 Å². The molecule has 1 aliphatic heterocycles. The van der Waals surface area contributed by atoms with Gasteiger partial charge in [0.1, 0.15) is 13.2 Å². The van der Waals surface area contributed by atoms with E-state index in [4.69, 9.17) is 9.47 Å². The van der Waals surface area contributed by atoms with Gasteiger partial charge in [-0.1, -0.05) is 54.6 Å². The second-order valence-electron chi connectivity index (χ2n) is 5.77. The molecule has 0 bridgehead atoms. The van der Waals surface area contributed by atoms with Gasteiger partial charge in [-0.15, -0.1) is 0 Å². The molecule has 3 heteroatoms. The fourth-order valence-corrected chi connectivity index (χ4v) is 2.80. The Balaban J connectivity index is 1.43. The van der Waals surface area contributed by atoms with Gasteiger partial charge in [0.25, 0.3) is 0 Å². The van der Waals surface area contributed by atoms with E-state index in [1.165, 1.54) is 16.7 Å². The van der Waals surface area contributed by atoms with Gasteiger partial charge in [-0.3, -0.25) is 0 Å². The second-order valence-corrected chi connectivity index (χ2v) is 5.77. The van der Waals surface area contributed by atoms with Crippen LogP contribution in [-0.2, 0) is 6.54 Å². The van der Waals surface area contributed by atoms with Crippen LogP contribution < -0.4 is 14.8 Å². The molecule has 0 saturated carbocycles. The van der Waals surface area contributed by atoms with Crippen LogP contribution in [0.2, 0.25) is 0 Å². The monoisotopic (exact) mass is 317 g/mol. The van der Waals surface area contributed by atoms with Gasteiger partial charge in [-0.25, -0.2) is 0 Å². The van der Waals surface area contributed by atoms with Crippen molar-refractivity contribution in [1.82, 2.24) is 0 Å². The van der Waals surface area contributed by atoms with E-state index in [9.17, 15) is 0 Å². The number of ether oxygens (including phenoxy) is 2. The first-order valence-corrected chi connectivity index (χ1v) is 8.16. The highest BCUT2D eigenvalue weighted by molar-refractivity contribution is 5.63. The molecule has 0 aromatic heterocycles. The van der Waals surface area contributed by atoms with E-state index in [1.807, 2.05) is 24.3 Å². The summed E-state index contributed by atoms with van der Waals surface area (Å²) >= 11 is 0. The van der Waals surface area contributed by atoms with Crippen molar-refractivity contribution in [2.75, 3.05) is 18.5 Å². The molecule has 0 radical (unpaired) electrons. The van der Waals surface area contributed by atoms with Gasteiger partial charge in [0.05, 0.1) is 0 Å². The van der Waals surface area contributed by atoms with Crippen LogP contribution in [0, 0.1) is 0 Å². The molecule has 1 heterocycles. The van der Waals surface area contributed by atoms with E-state index in [-0.39, 0.29) is 0 Å². The van der Waals surface area contributed by atoms with E-state index >= 15 is 0 Å². The third-order valence-electron chi connectivity index (χ3n) is 4.10. The molecular formula is C21H19NO2.